The third-order valence-corrected chi connectivity index (χ3v) is 1.39. The van der Waals surface area contributed by atoms with Crippen molar-refractivity contribution in [2.24, 2.45) is 0 Å². The molecule has 0 aliphatic carbocycles. The third kappa shape index (κ3) is 3.24. The Bertz CT molecular complexity index is 303. The number of carboxylic acid groups (broad SMARTS) is 2. The van der Waals surface area contributed by atoms with Gasteiger partial charge in [-0.2, -0.15) is 0 Å². The molecule has 0 spiro atoms. The van der Waals surface area contributed by atoms with Gasteiger partial charge in [0.25, 0.3) is 0 Å². The number of aromatic carboxylic acids is 2. The van der Waals surface area contributed by atoms with Crippen LogP contribution in [0.4, 0.5) is 0 Å². The number of carboxylic acids is 2. The van der Waals surface area contributed by atoms with Gasteiger partial charge in [0, 0.05) is 0 Å². The average Bonchev–Trinajstić information content (AvgIpc) is 2.04. The molecule has 14 heavy (non-hydrogen) atoms. The molecule has 0 atom stereocenters. The second-order valence-electron chi connectivity index (χ2n) is 2.16. The van der Waals surface area contributed by atoms with Crippen LogP contribution in [0, 0.1) is 0 Å². The van der Waals surface area contributed by atoms with E-state index in [0.29, 0.717) is 0 Å². The van der Waals surface area contributed by atoms with E-state index in [1.807, 2.05) is 0 Å². The van der Waals surface area contributed by atoms with E-state index in [1.165, 1.54) is 24.3 Å². The second kappa shape index (κ2) is 6.24. The van der Waals surface area contributed by atoms with E-state index < -0.39 is 11.9 Å². The second-order valence-corrected chi connectivity index (χ2v) is 2.16. The Balaban J connectivity index is 0. The standard InChI is InChI=1S/C8H6O4.O.Zn/c9-7(10)5-3-1-2-4-6(5)8(11)12;;/h1-4H,(H,9,10)(H,11,12);;/q;-2;+2. The number of benzene rings is 1. The van der Waals surface area contributed by atoms with Gasteiger partial charge in [0.1, 0.15) is 0 Å². The Morgan fingerprint density at radius 3 is 1.43 bits per heavy atom. The summed E-state index contributed by atoms with van der Waals surface area (Å²) in [7, 11) is 0. The predicted molar refractivity (Wildman–Crippen MR) is 41.0 cm³/mol. The van der Waals surface area contributed by atoms with Crippen molar-refractivity contribution in [3.05, 3.63) is 35.4 Å². The molecule has 1 aromatic carbocycles. The molecule has 0 aliphatic rings. The van der Waals surface area contributed by atoms with E-state index in [2.05, 4.69) is 0 Å². The minimum absolute atomic E-state index is 0. The molecule has 0 aromatic heterocycles. The van der Waals surface area contributed by atoms with Crippen LogP contribution in [0.2, 0.25) is 0 Å². The van der Waals surface area contributed by atoms with Gasteiger partial charge < -0.3 is 15.7 Å². The molecule has 0 saturated carbocycles. The van der Waals surface area contributed by atoms with Crippen molar-refractivity contribution >= 4 is 11.9 Å². The molecule has 1 rings (SSSR count). The summed E-state index contributed by atoms with van der Waals surface area (Å²) in [5.74, 6) is -2.46. The first-order chi connectivity index (χ1) is 5.63. The first kappa shape index (κ1) is 15.2. The fourth-order valence-corrected chi connectivity index (χ4v) is 0.856. The van der Waals surface area contributed by atoms with Gasteiger partial charge in [-0.05, 0) is 12.1 Å². The summed E-state index contributed by atoms with van der Waals surface area (Å²) in [5.41, 5.74) is -0.380. The maximum Gasteiger partial charge on any atom is 2.00 e. The van der Waals surface area contributed by atoms with E-state index in [-0.39, 0.29) is 36.1 Å². The number of hydrogen-bond donors (Lipinski definition) is 2. The molecular formula is C8H6O5Zn. The van der Waals surface area contributed by atoms with Gasteiger partial charge in [-0.15, -0.1) is 0 Å². The number of rotatable bonds is 2. The van der Waals surface area contributed by atoms with Crippen LogP contribution in [0.15, 0.2) is 24.3 Å². The van der Waals surface area contributed by atoms with E-state index in [0.717, 1.165) is 0 Å². The summed E-state index contributed by atoms with van der Waals surface area (Å²) >= 11 is 0. The molecule has 6 heteroatoms. The van der Waals surface area contributed by atoms with Crippen molar-refractivity contribution in [3.8, 4) is 0 Å². The minimum Gasteiger partial charge on any atom is -2.00 e. The normalized spacial score (nSPS) is 8.00. The quantitative estimate of drug-likeness (QED) is 0.760. The smallest absolute Gasteiger partial charge is 2.00 e. The van der Waals surface area contributed by atoms with Crippen LogP contribution < -0.4 is 0 Å². The molecule has 1 aromatic rings. The average molecular weight is 248 g/mol. The zero-order chi connectivity index (χ0) is 9.14. The van der Waals surface area contributed by atoms with Crippen molar-refractivity contribution in [2.45, 2.75) is 0 Å². The Morgan fingerprint density at radius 1 is 0.929 bits per heavy atom. The van der Waals surface area contributed by atoms with Crippen molar-refractivity contribution in [1.29, 1.82) is 0 Å². The Hall–Kier alpha value is -1.26. The summed E-state index contributed by atoms with van der Waals surface area (Å²) in [6, 6.07) is 5.48. The minimum atomic E-state index is -1.23. The maximum absolute atomic E-state index is 10.5. The van der Waals surface area contributed by atoms with E-state index in [4.69, 9.17) is 10.2 Å². The van der Waals surface area contributed by atoms with Crippen LogP contribution in [0.3, 0.4) is 0 Å². The fraction of sp³-hybridized carbons (Fsp3) is 0. The molecule has 0 saturated heterocycles. The zero-order valence-electron chi connectivity index (χ0n) is 7.14. The Kier molecular flexibility index (Phi) is 6.78. The summed E-state index contributed by atoms with van der Waals surface area (Å²) in [6.45, 7) is 0. The third-order valence-electron chi connectivity index (χ3n) is 1.39. The molecule has 0 heterocycles. The monoisotopic (exact) mass is 246 g/mol. The van der Waals surface area contributed by atoms with Crippen LogP contribution in [0.1, 0.15) is 20.7 Å². The molecule has 0 bridgehead atoms. The number of carbonyl (C=O) groups is 2. The van der Waals surface area contributed by atoms with Crippen LogP contribution in [-0.4, -0.2) is 22.2 Å². The molecule has 0 radical (unpaired) electrons. The summed E-state index contributed by atoms with van der Waals surface area (Å²) in [5, 5.41) is 17.1. The van der Waals surface area contributed by atoms with E-state index >= 15 is 0 Å². The SMILES string of the molecule is O=C(O)c1ccccc1C(=O)O.[O-2].[Zn+2]. The van der Waals surface area contributed by atoms with Crippen LogP contribution in [-0.2, 0) is 25.0 Å². The predicted octanol–water partition coefficient (Wildman–Crippen LogP) is 0.962. The van der Waals surface area contributed by atoms with E-state index in [9.17, 15) is 9.59 Å². The largest absolute Gasteiger partial charge is 2.00 e. The summed E-state index contributed by atoms with van der Waals surface area (Å²) in [6.07, 6.45) is 0. The van der Waals surface area contributed by atoms with Gasteiger partial charge in [0.15, 0.2) is 0 Å². The molecule has 0 aliphatic heterocycles. The zero-order valence-corrected chi connectivity index (χ0v) is 10.1. The van der Waals surface area contributed by atoms with Crippen LogP contribution in [0.25, 0.3) is 0 Å². The molecule has 0 fully saturated rings. The summed E-state index contributed by atoms with van der Waals surface area (Å²) in [4.78, 5) is 20.9. The molecule has 2 N–H and O–H groups in total. The topological polar surface area (TPSA) is 103 Å². The number of hydrogen-bond acceptors (Lipinski definition) is 2. The van der Waals surface area contributed by atoms with Crippen LogP contribution >= 0.6 is 0 Å². The van der Waals surface area contributed by atoms with Crippen molar-refractivity contribution in [1.82, 2.24) is 0 Å². The molecular weight excluding hydrogens is 241 g/mol. The van der Waals surface area contributed by atoms with Gasteiger partial charge in [-0.25, -0.2) is 9.59 Å². The first-order valence-electron chi connectivity index (χ1n) is 3.18. The van der Waals surface area contributed by atoms with Gasteiger partial charge in [0.2, 0.25) is 0 Å². The van der Waals surface area contributed by atoms with Gasteiger partial charge in [-0.3, -0.25) is 0 Å². The summed E-state index contributed by atoms with van der Waals surface area (Å²) < 4.78 is 0. The van der Waals surface area contributed by atoms with Crippen molar-refractivity contribution in [3.63, 3.8) is 0 Å². The van der Waals surface area contributed by atoms with Crippen molar-refractivity contribution < 1.29 is 44.8 Å². The molecule has 0 amide bonds. The van der Waals surface area contributed by atoms with Gasteiger partial charge >= 0.3 is 31.4 Å². The first-order valence-corrected chi connectivity index (χ1v) is 3.18. The van der Waals surface area contributed by atoms with Gasteiger partial charge in [0.05, 0.1) is 11.1 Å². The van der Waals surface area contributed by atoms with E-state index in [1.54, 1.807) is 0 Å². The molecule has 70 valence electrons. The van der Waals surface area contributed by atoms with Crippen molar-refractivity contribution in [2.75, 3.05) is 0 Å². The maximum atomic E-state index is 10.5. The fourth-order valence-electron chi connectivity index (χ4n) is 0.856. The van der Waals surface area contributed by atoms with Crippen LogP contribution in [0.5, 0.6) is 0 Å². The molecule has 5 nitrogen and oxygen atoms in total. The Labute approximate surface area is 92.4 Å². The molecule has 0 unspecified atom stereocenters. The Morgan fingerprint density at radius 2 is 1.21 bits per heavy atom. The van der Waals surface area contributed by atoms with Gasteiger partial charge in [-0.1, -0.05) is 12.1 Å².